The molecule has 0 saturated carbocycles. The van der Waals surface area contributed by atoms with Crippen LogP contribution in [0.2, 0.25) is 0 Å². The van der Waals surface area contributed by atoms with Gasteiger partial charge in [-0.05, 0) is 37.3 Å². The molecule has 2 heteroatoms. The molecule has 1 radical (unpaired) electrons. The highest BCUT2D eigenvalue weighted by Crippen LogP contribution is 2.21. The van der Waals surface area contributed by atoms with Gasteiger partial charge in [-0.3, -0.25) is 0 Å². The first kappa shape index (κ1) is 10.3. The molecule has 16 heavy (non-hydrogen) atoms. The predicted octanol–water partition coefficient (Wildman–Crippen LogP) is 3.46. The summed E-state index contributed by atoms with van der Waals surface area (Å²) < 4.78 is 5.57. The minimum atomic E-state index is 0.580. The minimum absolute atomic E-state index is 0.580. The third-order valence-corrected chi connectivity index (χ3v) is 2.16. The third-order valence-electron chi connectivity index (χ3n) is 2.16. The molecule has 0 unspecified atom stereocenters. The lowest BCUT2D eigenvalue weighted by molar-refractivity contribution is 0.481. The summed E-state index contributed by atoms with van der Waals surface area (Å²) in [5, 5.41) is 8.64. The van der Waals surface area contributed by atoms with E-state index < -0.39 is 0 Å². The first-order valence-electron chi connectivity index (χ1n) is 4.94. The lowest BCUT2D eigenvalue weighted by Crippen LogP contribution is -1.84. The van der Waals surface area contributed by atoms with Crippen LogP contribution in [0.1, 0.15) is 11.1 Å². The molecule has 0 amide bonds. The third kappa shape index (κ3) is 2.40. The zero-order valence-electron chi connectivity index (χ0n) is 8.90. The van der Waals surface area contributed by atoms with E-state index in [1.165, 1.54) is 5.56 Å². The van der Waals surface area contributed by atoms with Crippen LogP contribution in [-0.2, 0) is 0 Å². The molecule has 0 atom stereocenters. The van der Waals surface area contributed by atoms with E-state index in [2.05, 4.69) is 6.07 Å². The monoisotopic (exact) mass is 208 g/mol. The SMILES string of the molecule is Cc1ccc(Oc2[c]cc(C#N)cc2)cc1. The van der Waals surface area contributed by atoms with E-state index in [9.17, 15) is 0 Å². The van der Waals surface area contributed by atoms with Crippen LogP contribution in [0.25, 0.3) is 0 Å². The molecule has 77 valence electrons. The molecule has 0 aliphatic heterocycles. The van der Waals surface area contributed by atoms with E-state index >= 15 is 0 Å². The zero-order chi connectivity index (χ0) is 11.4. The summed E-state index contributed by atoms with van der Waals surface area (Å²) >= 11 is 0. The van der Waals surface area contributed by atoms with Crippen LogP contribution in [0, 0.1) is 24.3 Å². The largest absolute Gasteiger partial charge is 0.457 e. The van der Waals surface area contributed by atoms with Crippen molar-refractivity contribution in [2.24, 2.45) is 0 Å². The highest BCUT2D eigenvalue weighted by atomic mass is 16.5. The number of benzene rings is 2. The van der Waals surface area contributed by atoms with Crippen LogP contribution in [0.5, 0.6) is 11.5 Å². The highest BCUT2D eigenvalue weighted by molar-refractivity contribution is 5.36. The van der Waals surface area contributed by atoms with Crippen molar-refractivity contribution in [2.45, 2.75) is 6.92 Å². The van der Waals surface area contributed by atoms with Crippen molar-refractivity contribution in [2.75, 3.05) is 0 Å². The van der Waals surface area contributed by atoms with Crippen LogP contribution in [0.15, 0.2) is 42.5 Å². The van der Waals surface area contributed by atoms with Gasteiger partial charge < -0.3 is 4.74 Å². The molecule has 0 heterocycles. The Balaban J connectivity index is 2.15. The van der Waals surface area contributed by atoms with Crippen molar-refractivity contribution in [3.63, 3.8) is 0 Å². The predicted molar refractivity (Wildman–Crippen MR) is 61.2 cm³/mol. The first-order chi connectivity index (χ1) is 7.78. The molecule has 0 fully saturated rings. The summed E-state index contributed by atoms with van der Waals surface area (Å²) in [5.41, 5.74) is 1.77. The van der Waals surface area contributed by atoms with Gasteiger partial charge in [-0.15, -0.1) is 0 Å². The Morgan fingerprint density at radius 1 is 1.12 bits per heavy atom. The Bertz CT molecular complexity index is 506. The maximum atomic E-state index is 8.64. The Hall–Kier alpha value is -2.27. The van der Waals surface area contributed by atoms with Crippen molar-refractivity contribution in [1.29, 1.82) is 5.26 Å². The molecular weight excluding hydrogens is 198 g/mol. The fourth-order valence-electron chi connectivity index (χ4n) is 1.28. The topological polar surface area (TPSA) is 33.0 Å². The number of rotatable bonds is 2. The molecule has 2 rings (SSSR count). The lowest BCUT2D eigenvalue weighted by Gasteiger charge is -2.05. The molecule has 0 aromatic heterocycles. The summed E-state index contributed by atoms with van der Waals surface area (Å²) in [6.07, 6.45) is 0. The van der Waals surface area contributed by atoms with E-state index in [0.29, 0.717) is 11.3 Å². The Kier molecular flexibility index (Phi) is 2.88. The fourth-order valence-corrected chi connectivity index (χ4v) is 1.28. The van der Waals surface area contributed by atoms with E-state index in [1.54, 1.807) is 18.2 Å². The average molecular weight is 208 g/mol. The van der Waals surface area contributed by atoms with Gasteiger partial charge in [0.1, 0.15) is 11.5 Å². The van der Waals surface area contributed by atoms with Crippen LogP contribution in [0.3, 0.4) is 0 Å². The molecule has 0 N–H and O–H groups in total. The van der Waals surface area contributed by atoms with Crippen LogP contribution in [0.4, 0.5) is 0 Å². The van der Waals surface area contributed by atoms with E-state index in [0.717, 1.165) is 5.75 Å². The fraction of sp³-hybridized carbons (Fsp3) is 0.0714. The van der Waals surface area contributed by atoms with Gasteiger partial charge in [0.15, 0.2) is 0 Å². The Labute approximate surface area is 94.7 Å². The number of hydrogen-bond acceptors (Lipinski definition) is 2. The number of aryl methyl sites for hydroxylation is 1. The summed E-state index contributed by atoms with van der Waals surface area (Å²) in [7, 11) is 0. The van der Waals surface area contributed by atoms with E-state index in [1.807, 2.05) is 37.3 Å². The zero-order valence-corrected chi connectivity index (χ0v) is 8.90. The molecule has 0 spiro atoms. The molecule has 0 bridgehead atoms. The van der Waals surface area contributed by atoms with Gasteiger partial charge in [0.05, 0.1) is 11.6 Å². The van der Waals surface area contributed by atoms with Gasteiger partial charge in [0.25, 0.3) is 0 Å². The second-order valence-corrected chi connectivity index (χ2v) is 3.47. The first-order valence-corrected chi connectivity index (χ1v) is 4.94. The normalized spacial score (nSPS) is 9.50. The highest BCUT2D eigenvalue weighted by Gasteiger charge is 1.97. The van der Waals surface area contributed by atoms with E-state index in [-0.39, 0.29) is 0 Å². The molecule has 0 aliphatic carbocycles. The van der Waals surface area contributed by atoms with E-state index in [4.69, 9.17) is 10.00 Å². The smallest absolute Gasteiger partial charge is 0.135 e. The Morgan fingerprint density at radius 2 is 1.88 bits per heavy atom. The molecule has 0 aliphatic rings. The second-order valence-electron chi connectivity index (χ2n) is 3.47. The van der Waals surface area contributed by atoms with Crippen LogP contribution >= 0.6 is 0 Å². The van der Waals surface area contributed by atoms with Gasteiger partial charge in [0.2, 0.25) is 0 Å². The van der Waals surface area contributed by atoms with Crippen LogP contribution < -0.4 is 4.74 Å². The van der Waals surface area contributed by atoms with Crippen LogP contribution in [-0.4, -0.2) is 0 Å². The molecule has 2 aromatic carbocycles. The number of nitrogens with zero attached hydrogens (tertiary/aromatic N) is 1. The van der Waals surface area contributed by atoms with Crippen molar-refractivity contribution in [3.8, 4) is 17.6 Å². The lowest BCUT2D eigenvalue weighted by atomic mass is 10.2. The maximum absolute atomic E-state index is 8.64. The van der Waals surface area contributed by atoms with Crippen molar-refractivity contribution < 1.29 is 4.74 Å². The number of nitriles is 1. The molecular formula is C14H10NO. The molecule has 2 nitrogen and oxygen atoms in total. The summed E-state index contributed by atoms with van der Waals surface area (Å²) in [4.78, 5) is 0. The average Bonchev–Trinajstić information content (AvgIpc) is 2.33. The maximum Gasteiger partial charge on any atom is 0.135 e. The molecule has 2 aromatic rings. The minimum Gasteiger partial charge on any atom is -0.457 e. The van der Waals surface area contributed by atoms with Gasteiger partial charge in [-0.25, -0.2) is 0 Å². The Morgan fingerprint density at radius 3 is 2.44 bits per heavy atom. The van der Waals surface area contributed by atoms with Crippen molar-refractivity contribution in [1.82, 2.24) is 0 Å². The van der Waals surface area contributed by atoms with Crippen molar-refractivity contribution in [3.05, 3.63) is 59.7 Å². The van der Waals surface area contributed by atoms with Crippen molar-refractivity contribution >= 4 is 0 Å². The van der Waals surface area contributed by atoms with Gasteiger partial charge in [0, 0.05) is 6.07 Å². The summed E-state index contributed by atoms with van der Waals surface area (Å²) in [6.45, 7) is 2.03. The van der Waals surface area contributed by atoms with Gasteiger partial charge in [-0.2, -0.15) is 5.26 Å². The molecule has 0 saturated heterocycles. The number of ether oxygens (including phenoxy) is 1. The summed E-state index contributed by atoms with van der Waals surface area (Å²) in [5.74, 6) is 1.38. The standard InChI is InChI=1S/C14H10NO/c1-11-2-6-13(7-3-11)16-14-8-4-12(10-15)5-9-14/h2-8H,1H3. The quantitative estimate of drug-likeness (QED) is 0.757. The van der Waals surface area contributed by atoms with Gasteiger partial charge in [-0.1, -0.05) is 17.7 Å². The second kappa shape index (κ2) is 4.50. The summed E-state index contributed by atoms with van der Waals surface area (Å²) in [6, 6.07) is 17.8. The number of hydrogen-bond donors (Lipinski definition) is 0. The van der Waals surface area contributed by atoms with Gasteiger partial charge >= 0.3 is 0 Å².